The van der Waals surface area contributed by atoms with Crippen molar-refractivity contribution in [1.29, 1.82) is 0 Å². The molecule has 0 bridgehead atoms. The molecule has 7 heteroatoms. The third-order valence-electron chi connectivity index (χ3n) is 3.44. The summed E-state index contributed by atoms with van der Waals surface area (Å²) in [5.41, 5.74) is 8.13. The molecule has 0 heterocycles. The molecule has 0 aliphatic heterocycles. The molecule has 0 atom stereocenters. The van der Waals surface area contributed by atoms with Crippen LogP contribution in [0.1, 0.15) is 21.5 Å². The van der Waals surface area contributed by atoms with Crippen molar-refractivity contribution < 1.29 is 14.4 Å². The van der Waals surface area contributed by atoms with Gasteiger partial charge in [-0.3, -0.25) is 9.59 Å². The van der Waals surface area contributed by atoms with Crippen molar-refractivity contribution in [3.8, 4) is 0 Å². The fraction of sp³-hybridized carbons (Fsp3) is 0.167. The van der Waals surface area contributed by atoms with Crippen LogP contribution in [-0.4, -0.2) is 24.4 Å². The Morgan fingerprint density at radius 1 is 0.920 bits per heavy atom. The molecule has 2 aromatic carbocycles. The lowest BCUT2D eigenvalue weighted by Crippen LogP contribution is -2.39. The van der Waals surface area contributed by atoms with Gasteiger partial charge in [-0.2, -0.15) is 0 Å². The Kier molecular flexibility index (Phi) is 6.11. The largest absolute Gasteiger partial charge is 0.366 e. The fourth-order valence-corrected chi connectivity index (χ4v) is 2.03. The summed E-state index contributed by atoms with van der Waals surface area (Å²) < 4.78 is 0. The summed E-state index contributed by atoms with van der Waals surface area (Å²) in [4.78, 5) is 34.5. The van der Waals surface area contributed by atoms with Gasteiger partial charge in [0.25, 0.3) is 0 Å². The number of hydrogen-bond acceptors (Lipinski definition) is 3. The highest BCUT2D eigenvalue weighted by Gasteiger charge is 2.06. The van der Waals surface area contributed by atoms with E-state index in [1.165, 1.54) is 12.1 Å². The van der Waals surface area contributed by atoms with Crippen LogP contribution in [0, 0.1) is 6.92 Å². The lowest BCUT2D eigenvalue weighted by molar-refractivity contribution is -0.115. The Morgan fingerprint density at radius 2 is 1.56 bits per heavy atom. The maximum Gasteiger partial charge on any atom is 0.315 e. The molecule has 7 nitrogen and oxygen atoms in total. The van der Waals surface area contributed by atoms with E-state index < -0.39 is 11.9 Å². The van der Waals surface area contributed by atoms with Gasteiger partial charge < -0.3 is 21.7 Å². The predicted molar refractivity (Wildman–Crippen MR) is 95.0 cm³/mol. The van der Waals surface area contributed by atoms with Crippen LogP contribution in [-0.2, 0) is 11.3 Å². The van der Waals surface area contributed by atoms with Crippen LogP contribution in [0.4, 0.5) is 10.5 Å². The minimum atomic E-state index is -0.537. The summed E-state index contributed by atoms with van der Waals surface area (Å²) in [7, 11) is 0. The number of urea groups is 1. The predicted octanol–water partition coefficient (Wildman–Crippen LogP) is 1.53. The van der Waals surface area contributed by atoms with Crippen LogP contribution in [0.5, 0.6) is 0 Å². The molecule has 0 saturated heterocycles. The van der Waals surface area contributed by atoms with Gasteiger partial charge in [-0.1, -0.05) is 29.8 Å². The van der Waals surface area contributed by atoms with E-state index in [1.807, 2.05) is 31.2 Å². The summed E-state index contributed by atoms with van der Waals surface area (Å²) in [6.07, 6.45) is 0. The smallest absolute Gasteiger partial charge is 0.315 e. The van der Waals surface area contributed by atoms with E-state index in [9.17, 15) is 14.4 Å². The third kappa shape index (κ3) is 5.98. The van der Waals surface area contributed by atoms with E-state index >= 15 is 0 Å². The normalized spacial score (nSPS) is 9.96. The summed E-state index contributed by atoms with van der Waals surface area (Å²) in [6.45, 7) is 2.20. The minimum absolute atomic E-state index is 0.169. The zero-order valence-electron chi connectivity index (χ0n) is 13.8. The van der Waals surface area contributed by atoms with Crippen LogP contribution >= 0.6 is 0 Å². The molecule has 25 heavy (non-hydrogen) atoms. The zero-order chi connectivity index (χ0) is 18.2. The number of hydrogen-bond donors (Lipinski definition) is 4. The number of anilines is 1. The molecule has 0 aliphatic carbocycles. The quantitative estimate of drug-likeness (QED) is 0.639. The zero-order valence-corrected chi connectivity index (χ0v) is 13.8. The SMILES string of the molecule is Cc1ccc(CNC(=O)NCC(=O)Nc2ccc(C(N)=O)cc2)cc1. The lowest BCUT2D eigenvalue weighted by atomic mass is 10.1. The van der Waals surface area contributed by atoms with Gasteiger partial charge in [0.2, 0.25) is 11.8 Å². The first-order valence-electron chi connectivity index (χ1n) is 7.71. The van der Waals surface area contributed by atoms with Gasteiger partial charge in [0.15, 0.2) is 0 Å². The molecule has 0 aromatic heterocycles. The Morgan fingerprint density at radius 3 is 2.16 bits per heavy atom. The van der Waals surface area contributed by atoms with Gasteiger partial charge in [0, 0.05) is 17.8 Å². The first-order valence-corrected chi connectivity index (χ1v) is 7.71. The van der Waals surface area contributed by atoms with E-state index in [-0.39, 0.29) is 12.5 Å². The summed E-state index contributed by atoms with van der Waals surface area (Å²) in [5, 5.41) is 7.76. The van der Waals surface area contributed by atoms with E-state index in [1.54, 1.807) is 12.1 Å². The van der Waals surface area contributed by atoms with Crippen molar-refractivity contribution in [2.45, 2.75) is 13.5 Å². The molecule has 5 N–H and O–H groups in total. The number of carbonyl (C=O) groups excluding carboxylic acids is 3. The van der Waals surface area contributed by atoms with Gasteiger partial charge >= 0.3 is 6.03 Å². The molecular formula is C18H20N4O3. The third-order valence-corrected chi connectivity index (χ3v) is 3.44. The molecular weight excluding hydrogens is 320 g/mol. The van der Waals surface area contributed by atoms with Crippen molar-refractivity contribution in [3.05, 3.63) is 65.2 Å². The second-order valence-electron chi connectivity index (χ2n) is 5.51. The van der Waals surface area contributed by atoms with Gasteiger partial charge in [0.05, 0.1) is 6.54 Å². The maximum absolute atomic E-state index is 11.8. The van der Waals surface area contributed by atoms with Crippen LogP contribution in [0.25, 0.3) is 0 Å². The highest BCUT2D eigenvalue weighted by Crippen LogP contribution is 2.08. The molecule has 0 radical (unpaired) electrons. The maximum atomic E-state index is 11.8. The van der Waals surface area contributed by atoms with Crippen LogP contribution < -0.4 is 21.7 Å². The highest BCUT2D eigenvalue weighted by atomic mass is 16.2. The number of nitrogens with two attached hydrogens (primary N) is 1. The lowest BCUT2D eigenvalue weighted by Gasteiger charge is -2.09. The van der Waals surface area contributed by atoms with Crippen molar-refractivity contribution in [1.82, 2.24) is 10.6 Å². The second-order valence-corrected chi connectivity index (χ2v) is 5.51. The highest BCUT2D eigenvalue weighted by molar-refractivity contribution is 5.96. The molecule has 0 saturated carbocycles. The summed E-state index contributed by atoms with van der Waals surface area (Å²) in [5.74, 6) is -0.915. The first kappa shape index (κ1) is 18.0. The van der Waals surface area contributed by atoms with Gasteiger partial charge in [-0.25, -0.2) is 4.79 Å². The molecule has 2 rings (SSSR count). The Hall–Kier alpha value is -3.35. The Balaban J connectivity index is 1.72. The molecule has 130 valence electrons. The Labute approximate surface area is 145 Å². The molecule has 0 spiro atoms. The minimum Gasteiger partial charge on any atom is -0.366 e. The van der Waals surface area contributed by atoms with Crippen molar-refractivity contribution in [2.24, 2.45) is 5.73 Å². The standard InChI is InChI=1S/C18H20N4O3/c1-12-2-4-13(5-3-12)10-20-18(25)21-11-16(23)22-15-8-6-14(7-9-15)17(19)24/h2-9H,10-11H2,1H3,(H2,19,24)(H,22,23)(H2,20,21,25). The number of benzene rings is 2. The van der Waals surface area contributed by atoms with Crippen LogP contribution in [0.15, 0.2) is 48.5 Å². The number of nitrogens with one attached hydrogen (secondary N) is 3. The van der Waals surface area contributed by atoms with Crippen molar-refractivity contribution in [3.63, 3.8) is 0 Å². The van der Waals surface area contributed by atoms with E-state index in [2.05, 4.69) is 16.0 Å². The van der Waals surface area contributed by atoms with Gasteiger partial charge in [0.1, 0.15) is 0 Å². The molecule has 0 fully saturated rings. The first-order chi connectivity index (χ1) is 11.9. The number of rotatable bonds is 6. The van der Waals surface area contributed by atoms with E-state index in [0.29, 0.717) is 17.8 Å². The summed E-state index contributed by atoms with van der Waals surface area (Å²) >= 11 is 0. The molecule has 0 aliphatic rings. The van der Waals surface area contributed by atoms with Crippen LogP contribution in [0.2, 0.25) is 0 Å². The topological polar surface area (TPSA) is 113 Å². The molecule has 0 unspecified atom stereocenters. The van der Waals surface area contributed by atoms with Crippen molar-refractivity contribution >= 4 is 23.5 Å². The number of aryl methyl sites for hydroxylation is 1. The average Bonchev–Trinajstić information content (AvgIpc) is 2.60. The number of amides is 4. The van der Waals surface area contributed by atoms with E-state index in [0.717, 1.165) is 11.1 Å². The van der Waals surface area contributed by atoms with Gasteiger partial charge in [-0.05, 0) is 36.8 Å². The second kappa shape index (κ2) is 8.49. The molecule has 2 aromatic rings. The average molecular weight is 340 g/mol. The Bertz CT molecular complexity index is 755. The number of carbonyl (C=O) groups is 3. The summed E-state index contributed by atoms with van der Waals surface area (Å²) in [6, 6.07) is 13.5. The number of primary amides is 1. The monoisotopic (exact) mass is 340 g/mol. The van der Waals surface area contributed by atoms with E-state index in [4.69, 9.17) is 5.73 Å². The fourth-order valence-electron chi connectivity index (χ4n) is 2.03. The van der Waals surface area contributed by atoms with Crippen molar-refractivity contribution in [2.75, 3.05) is 11.9 Å². The van der Waals surface area contributed by atoms with Crippen LogP contribution in [0.3, 0.4) is 0 Å². The molecule has 4 amide bonds. The van der Waals surface area contributed by atoms with Gasteiger partial charge in [-0.15, -0.1) is 0 Å².